The smallest absolute Gasteiger partial charge is 0.269 e. The zero-order valence-corrected chi connectivity index (χ0v) is 12.4. The van der Waals surface area contributed by atoms with Crippen molar-refractivity contribution in [2.45, 2.75) is 17.9 Å². The molecule has 0 saturated carbocycles. The van der Waals surface area contributed by atoms with Gasteiger partial charge in [0.25, 0.3) is 5.69 Å². The number of benzene rings is 2. The maximum absolute atomic E-state index is 12.3. The molecule has 0 saturated heterocycles. The van der Waals surface area contributed by atoms with E-state index >= 15 is 0 Å². The highest BCUT2D eigenvalue weighted by Gasteiger charge is 2.14. The zero-order valence-electron chi connectivity index (χ0n) is 11.6. The molecule has 0 aliphatic rings. The van der Waals surface area contributed by atoms with Crippen LogP contribution >= 0.6 is 0 Å². The van der Waals surface area contributed by atoms with Crippen molar-refractivity contribution < 1.29 is 9.13 Å². The van der Waals surface area contributed by atoms with Crippen LogP contribution in [-0.2, 0) is 10.8 Å². The summed E-state index contributed by atoms with van der Waals surface area (Å²) in [6.45, 7) is 1.96. The number of nitro benzene ring substituents is 1. The van der Waals surface area contributed by atoms with E-state index in [9.17, 15) is 14.3 Å². The van der Waals surface area contributed by atoms with E-state index in [2.05, 4.69) is 0 Å². The van der Waals surface area contributed by atoms with Gasteiger partial charge >= 0.3 is 0 Å². The van der Waals surface area contributed by atoms with E-state index < -0.39 is 15.7 Å². The average molecular weight is 304 g/mol. The van der Waals surface area contributed by atoms with E-state index in [4.69, 9.17) is 5.73 Å². The van der Waals surface area contributed by atoms with Gasteiger partial charge in [-0.05, 0) is 30.2 Å². The molecule has 5 nitrogen and oxygen atoms in total. The summed E-state index contributed by atoms with van der Waals surface area (Å²) in [5.74, 6) is 0.280. The molecule has 0 aromatic heterocycles. The number of nitro groups is 1. The monoisotopic (exact) mass is 304 g/mol. The van der Waals surface area contributed by atoms with Crippen LogP contribution < -0.4 is 5.73 Å². The number of non-ortho nitro benzene ring substituents is 1. The molecule has 2 unspecified atom stereocenters. The van der Waals surface area contributed by atoms with Gasteiger partial charge in [0, 0.05) is 28.8 Å². The van der Waals surface area contributed by atoms with Crippen molar-refractivity contribution in [1.82, 2.24) is 0 Å². The van der Waals surface area contributed by atoms with Crippen LogP contribution in [0.2, 0.25) is 0 Å². The second-order valence-electron chi connectivity index (χ2n) is 4.73. The van der Waals surface area contributed by atoms with Gasteiger partial charge in [-0.1, -0.05) is 24.3 Å². The Morgan fingerprint density at radius 2 is 1.81 bits per heavy atom. The van der Waals surface area contributed by atoms with Crippen molar-refractivity contribution in [3.63, 3.8) is 0 Å². The van der Waals surface area contributed by atoms with E-state index in [0.717, 1.165) is 11.1 Å². The molecule has 0 bridgehead atoms. The number of nitrogens with two attached hydrogens (primary N) is 1. The fraction of sp³-hybridized carbons (Fsp3) is 0.200. The summed E-state index contributed by atoms with van der Waals surface area (Å²) >= 11 is 0. The first-order valence-electron chi connectivity index (χ1n) is 6.43. The average Bonchev–Trinajstić information content (AvgIpc) is 2.47. The van der Waals surface area contributed by atoms with Crippen LogP contribution in [0.3, 0.4) is 0 Å². The highest BCUT2D eigenvalue weighted by Crippen LogP contribution is 2.20. The third-order valence-electron chi connectivity index (χ3n) is 3.23. The molecule has 0 fully saturated rings. The molecular weight excluding hydrogens is 288 g/mol. The van der Waals surface area contributed by atoms with E-state index in [1.807, 2.05) is 31.2 Å². The van der Waals surface area contributed by atoms with Gasteiger partial charge in [-0.15, -0.1) is 0 Å². The molecule has 0 spiro atoms. The first-order chi connectivity index (χ1) is 9.99. The molecule has 0 aliphatic heterocycles. The molecule has 2 N–H and O–H groups in total. The van der Waals surface area contributed by atoms with E-state index in [0.29, 0.717) is 4.90 Å². The molecule has 0 radical (unpaired) electrons. The minimum absolute atomic E-state index is 0.0149. The van der Waals surface area contributed by atoms with Crippen molar-refractivity contribution >= 4 is 16.5 Å². The summed E-state index contributed by atoms with van der Waals surface area (Å²) < 4.78 is 12.3. The fourth-order valence-electron chi connectivity index (χ4n) is 2.07. The van der Waals surface area contributed by atoms with Crippen LogP contribution in [-0.4, -0.2) is 14.9 Å². The Morgan fingerprint density at radius 3 is 2.38 bits per heavy atom. The van der Waals surface area contributed by atoms with Crippen molar-refractivity contribution in [2.75, 3.05) is 5.75 Å². The van der Waals surface area contributed by atoms with Crippen LogP contribution in [0.5, 0.6) is 0 Å². The minimum atomic E-state index is -1.29. The Labute approximate surface area is 125 Å². The molecule has 2 aromatic carbocycles. The first-order valence-corrected chi connectivity index (χ1v) is 7.75. The Balaban J connectivity index is 2.11. The Morgan fingerprint density at radius 1 is 1.19 bits per heavy atom. The van der Waals surface area contributed by atoms with Gasteiger partial charge in [0.2, 0.25) is 0 Å². The van der Waals surface area contributed by atoms with Crippen molar-refractivity contribution in [3.05, 3.63) is 69.8 Å². The summed E-state index contributed by atoms with van der Waals surface area (Å²) in [6, 6.07) is 13.1. The molecule has 6 heteroatoms. The number of nitrogens with zero attached hydrogens (tertiary/aromatic N) is 1. The molecule has 2 rings (SSSR count). The van der Waals surface area contributed by atoms with Crippen LogP contribution in [0.15, 0.2) is 53.4 Å². The van der Waals surface area contributed by atoms with E-state index in [-0.39, 0.29) is 17.5 Å². The summed E-state index contributed by atoms with van der Waals surface area (Å²) in [5, 5.41) is 10.6. The van der Waals surface area contributed by atoms with Gasteiger partial charge in [-0.2, -0.15) is 0 Å². The molecule has 21 heavy (non-hydrogen) atoms. The standard InChI is InChI=1S/C15H16N2O3S/c1-11-4-2-3-5-14(11)15(16)10-21(20)13-8-6-12(7-9-13)17(18)19/h2-9,15H,10,16H2,1H3. The summed E-state index contributed by atoms with van der Waals surface area (Å²) in [7, 11) is -1.29. The Bertz CT molecular complexity index is 671. The third-order valence-corrected chi connectivity index (χ3v) is 4.69. The quantitative estimate of drug-likeness (QED) is 0.679. The van der Waals surface area contributed by atoms with Crippen molar-refractivity contribution in [2.24, 2.45) is 5.73 Å². The van der Waals surface area contributed by atoms with Crippen LogP contribution in [0.1, 0.15) is 17.2 Å². The Kier molecular flexibility index (Phi) is 4.82. The van der Waals surface area contributed by atoms with Gasteiger partial charge in [-0.25, -0.2) is 0 Å². The molecule has 110 valence electrons. The van der Waals surface area contributed by atoms with E-state index in [1.54, 1.807) is 0 Å². The third kappa shape index (κ3) is 3.74. The molecule has 0 aliphatic carbocycles. The number of hydrogen-bond acceptors (Lipinski definition) is 4. The maximum atomic E-state index is 12.3. The van der Waals surface area contributed by atoms with Crippen molar-refractivity contribution in [1.29, 1.82) is 0 Å². The minimum Gasteiger partial charge on any atom is -0.323 e. The lowest BCUT2D eigenvalue weighted by molar-refractivity contribution is -0.384. The predicted molar refractivity (Wildman–Crippen MR) is 82.5 cm³/mol. The van der Waals surface area contributed by atoms with Crippen LogP contribution in [0.4, 0.5) is 5.69 Å². The molecule has 0 amide bonds. The molecule has 0 heterocycles. The second kappa shape index (κ2) is 6.60. The fourth-order valence-corrected chi connectivity index (χ4v) is 3.21. The van der Waals surface area contributed by atoms with Gasteiger partial charge in [0.15, 0.2) is 0 Å². The topological polar surface area (TPSA) is 86.2 Å². The maximum Gasteiger partial charge on any atom is 0.269 e. The summed E-state index contributed by atoms with van der Waals surface area (Å²) in [6.07, 6.45) is 0. The SMILES string of the molecule is Cc1ccccc1C(N)CS(=O)c1ccc([N+](=O)[O-])cc1. The highest BCUT2D eigenvalue weighted by atomic mass is 32.2. The normalized spacial score (nSPS) is 13.6. The second-order valence-corrected chi connectivity index (χ2v) is 6.22. The summed E-state index contributed by atoms with van der Waals surface area (Å²) in [4.78, 5) is 10.7. The van der Waals surface area contributed by atoms with Gasteiger partial charge in [0.05, 0.1) is 15.7 Å². The first kappa shape index (κ1) is 15.3. The Hall–Kier alpha value is -2.05. The zero-order chi connectivity index (χ0) is 15.4. The molecule has 2 aromatic rings. The van der Waals surface area contributed by atoms with Gasteiger partial charge in [-0.3, -0.25) is 14.3 Å². The lowest BCUT2D eigenvalue weighted by atomic mass is 10.0. The van der Waals surface area contributed by atoms with Crippen LogP contribution in [0.25, 0.3) is 0 Å². The predicted octanol–water partition coefficient (Wildman–Crippen LogP) is 2.71. The van der Waals surface area contributed by atoms with Gasteiger partial charge < -0.3 is 5.73 Å². The highest BCUT2D eigenvalue weighted by molar-refractivity contribution is 7.85. The largest absolute Gasteiger partial charge is 0.323 e. The van der Waals surface area contributed by atoms with Crippen molar-refractivity contribution in [3.8, 4) is 0 Å². The lowest BCUT2D eigenvalue weighted by Gasteiger charge is -2.14. The lowest BCUT2D eigenvalue weighted by Crippen LogP contribution is -2.19. The molecular formula is C15H16N2O3S. The molecule has 2 atom stereocenters. The number of rotatable bonds is 5. The van der Waals surface area contributed by atoms with Gasteiger partial charge in [0.1, 0.15) is 0 Å². The number of hydrogen-bond donors (Lipinski definition) is 1. The summed E-state index contributed by atoms with van der Waals surface area (Å²) in [5.41, 5.74) is 8.12. The van der Waals surface area contributed by atoms with Crippen LogP contribution in [0, 0.1) is 17.0 Å². The van der Waals surface area contributed by atoms with E-state index in [1.165, 1.54) is 24.3 Å². The number of aryl methyl sites for hydroxylation is 1.